The van der Waals surface area contributed by atoms with Crippen LogP contribution in [-0.4, -0.2) is 25.4 Å². The van der Waals surface area contributed by atoms with Crippen molar-refractivity contribution in [1.82, 2.24) is 19.7 Å². The molecule has 144 valence electrons. The maximum absolute atomic E-state index is 13.2. The zero-order valence-electron chi connectivity index (χ0n) is 15.7. The summed E-state index contributed by atoms with van der Waals surface area (Å²) < 4.78 is 1.76. The van der Waals surface area contributed by atoms with E-state index in [-0.39, 0.29) is 11.4 Å². The summed E-state index contributed by atoms with van der Waals surface area (Å²) in [4.78, 5) is 21.8. The predicted octanol–water partition coefficient (Wildman–Crippen LogP) is 3.23. The standard InChI is InChI=1S/C23H20N4O2/c28-20(16-7-6-13-24-15-16)21-25-19(18-10-4-5-14-27(18)21)22(29)26-23(11-12-23)17-8-2-1-3-9-17/h1-10,13-15,20,28H,11-12H2,(H,26,29). The molecule has 1 aliphatic carbocycles. The Kier molecular flexibility index (Phi) is 4.14. The Labute approximate surface area is 167 Å². The van der Waals surface area contributed by atoms with E-state index in [0.29, 0.717) is 22.6 Å². The quantitative estimate of drug-likeness (QED) is 0.554. The molecule has 3 aromatic heterocycles. The van der Waals surface area contributed by atoms with Crippen LogP contribution >= 0.6 is 0 Å². The van der Waals surface area contributed by atoms with Crippen molar-refractivity contribution in [2.75, 3.05) is 0 Å². The number of aliphatic hydroxyl groups excluding tert-OH is 1. The molecule has 0 spiro atoms. The third-order valence-electron chi connectivity index (χ3n) is 5.46. The maximum atomic E-state index is 13.2. The van der Waals surface area contributed by atoms with Gasteiger partial charge >= 0.3 is 0 Å². The largest absolute Gasteiger partial charge is 0.380 e. The van der Waals surface area contributed by atoms with Crippen LogP contribution in [-0.2, 0) is 5.54 Å². The van der Waals surface area contributed by atoms with Crippen LogP contribution in [0.4, 0.5) is 0 Å². The minimum atomic E-state index is -0.982. The van der Waals surface area contributed by atoms with Crippen molar-refractivity contribution < 1.29 is 9.90 Å². The highest BCUT2D eigenvalue weighted by Crippen LogP contribution is 2.45. The molecule has 1 amide bonds. The first-order valence-electron chi connectivity index (χ1n) is 9.61. The molecule has 0 aliphatic heterocycles. The van der Waals surface area contributed by atoms with Crippen LogP contribution in [0, 0.1) is 0 Å². The van der Waals surface area contributed by atoms with E-state index >= 15 is 0 Å². The van der Waals surface area contributed by atoms with Crippen LogP contribution in [0.3, 0.4) is 0 Å². The van der Waals surface area contributed by atoms with Crippen molar-refractivity contribution in [3.63, 3.8) is 0 Å². The molecule has 4 aromatic rings. The van der Waals surface area contributed by atoms with Gasteiger partial charge in [-0.3, -0.25) is 9.78 Å². The number of carbonyl (C=O) groups excluding carboxylic acids is 1. The lowest BCUT2D eigenvalue weighted by molar-refractivity contribution is 0.0927. The minimum absolute atomic E-state index is 0.236. The Morgan fingerprint density at radius 3 is 2.59 bits per heavy atom. The number of benzene rings is 1. The molecule has 6 heteroatoms. The number of fused-ring (bicyclic) bond motifs is 1. The third kappa shape index (κ3) is 3.07. The SMILES string of the molecule is O=C(NC1(c2ccccc2)CC1)c1nc(C(O)c2cccnc2)n2ccccc12. The number of amides is 1. The van der Waals surface area contributed by atoms with E-state index in [1.165, 1.54) is 0 Å². The lowest BCUT2D eigenvalue weighted by Crippen LogP contribution is -2.35. The van der Waals surface area contributed by atoms with Crippen molar-refractivity contribution in [1.29, 1.82) is 0 Å². The van der Waals surface area contributed by atoms with Crippen LogP contribution in [0.15, 0.2) is 79.3 Å². The molecule has 5 rings (SSSR count). The summed E-state index contributed by atoms with van der Waals surface area (Å²) in [6.07, 6.45) is 5.88. The number of nitrogens with one attached hydrogen (secondary N) is 1. The maximum Gasteiger partial charge on any atom is 0.272 e. The summed E-state index contributed by atoms with van der Waals surface area (Å²) in [5, 5.41) is 14.0. The number of hydrogen-bond acceptors (Lipinski definition) is 4. The normalized spacial score (nSPS) is 15.8. The third-order valence-corrected chi connectivity index (χ3v) is 5.46. The second-order valence-electron chi connectivity index (χ2n) is 7.37. The van der Waals surface area contributed by atoms with Crippen LogP contribution in [0.25, 0.3) is 5.52 Å². The van der Waals surface area contributed by atoms with Gasteiger partial charge < -0.3 is 14.8 Å². The van der Waals surface area contributed by atoms with Crippen molar-refractivity contribution in [2.24, 2.45) is 0 Å². The average Bonchev–Trinajstić information content (AvgIpc) is 3.46. The van der Waals surface area contributed by atoms with Gasteiger partial charge in [0, 0.05) is 24.2 Å². The van der Waals surface area contributed by atoms with E-state index < -0.39 is 6.10 Å². The Morgan fingerprint density at radius 1 is 1.07 bits per heavy atom. The number of pyridine rings is 2. The van der Waals surface area contributed by atoms with E-state index in [9.17, 15) is 9.90 Å². The molecular weight excluding hydrogens is 364 g/mol. The van der Waals surface area contributed by atoms with Crippen LogP contribution < -0.4 is 5.32 Å². The zero-order valence-corrected chi connectivity index (χ0v) is 15.7. The van der Waals surface area contributed by atoms with Crippen molar-refractivity contribution >= 4 is 11.4 Å². The molecule has 29 heavy (non-hydrogen) atoms. The molecule has 6 nitrogen and oxygen atoms in total. The van der Waals surface area contributed by atoms with Crippen molar-refractivity contribution in [2.45, 2.75) is 24.5 Å². The number of hydrogen-bond donors (Lipinski definition) is 2. The van der Waals surface area contributed by atoms with Gasteiger partial charge in [0.15, 0.2) is 5.69 Å². The molecule has 0 bridgehead atoms. The van der Waals surface area contributed by atoms with Gasteiger partial charge in [0.1, 0.15) is 11.9 Å². The molecule has 1 aliphatic rings. The van der Waals surface area contributed by atoms with Gasteiger partial charge in [0.25, 0.3) is 5.91 Å². The molecule has 1 unspecified atom stereocenters. The van der Waals surface area contributed by atoms with Crippen LogP contribution in [0.1, 0.15) is 46.4 Å². The monoisotopic (exact) mass is 384 g/mol. The lowest BCUT2D eigenvalue weighted by Gasteiger charge is -2.17. The second-order valence-corrected chi connectivity index (χ2v) is 7.37. The zero-order chi connectivity index (χ0) is 19.8. The number of nitrogens with zero attached hydrogens (tertiary/aromatic N) is 3. The van der Waals surface area contributed by atoms with Gasteiger partial charge in [-0.25, -0.2) is 4.98 Å². The number of rotatable bonds is 5. The van der Waals surface area contributed by atoms with Gasteiger partial charge in [-0.15, -0.1) is 0 Å². The average molecular weight is 384 g/mol. The lowest BCUT2D eigenvalue weighted by atomic mass is 10.0. The smallest absolute Gasteiger partial charge is 0.272 e. The summed E-state index contributed by atoms with van der Waals surface area (Å²) in [7, 11) is 0. The molecule has 1 saturated carbocycles. The fourth-order valence-corrected chi connectivity index (χ4v) is 3.75. The van der Waals surface area contributed by atoms with Gasteiger partial charge in [-0.05, 0) is 36.6 Å². The molecular formula is C23H20N4O2. The first kappa shape index (κ1) is 17.6. The Hall–Kier alpha value is -3.51. The number of imidazole rings is 1. The fourth-order valence-electron chi connectivity index (χ4n) is 3.75. The molecule has 0 radical (unpaired) electrons. The number of aromatic nitrogens is 3. The van der Waals surface area contributed by atoms with Gasteiger partial charge in [-0.1, -0.05) is 42.5 Å². The molecule has 1 atom stereocenters. The van der Waals surface area contributed by atoms with E-state index in [1.54, 1.807) is 35.1 Å². The number of carbonyl (C=O) groups is 1. The van der Waals surface area contributed by atoms with Gasteiger partial charge in [-0.2, -0.15) is 0 Å². The minimum Gasteiger partial charge on any atom is -0.380 e. The topological polar surface area (TPSA) is 79.5 Å². The van der Waals surface area contributed by atoms with Crippen LogP contribution in [0.2, 0.25) is 0 Å². The fraction of sp³-hybridized carbons (Fsp3) is 0.174. The molecule has 1 fully saturated rings. The highest BCUT2D eigenvalue weighted by Gasteiger charge is 2.46. The Bertz CT molecular complexity index is 1170. The first-order chi connectivity index (χ1) is 14.2. The van der Waals surface area contributed by atoms with Crippen molar-refractivity contribution in [3.05, 3.63) is 102 Å². The van der Waals surface area contributed by atoms with Crippen LogP contribution in [0.5, 0.6) is 0 Å². The highest BCUT2D eigenvalue weighted by molar-refractivity contribution is 5.99. The van der Waals surface area contributed by atoms with E-state index in [2.05, 4.69) is 15.3 Å². The molecule has 3 heterocycles. The molecule has 1 aromatic carbocycles. The summed E-state index contributed by atoms with van der Waals surface area (Å²) in [6, 6.07) is 19.1. The number of aliphatic hydroxyl groups is 1. The Balaban J connectivity index is 1.52. The van der Waals surface area contributed by atoms with E-state index in [1.807, 2.05) is 48.5 Å². The van der Waals surface area contributed by atoms with E-state index in [4.69, 9.17) is 0 Å². The van der Waals surface area contributed by atoms with Gasteiger partial charge in [0.05, 0.1) is 11.1 Å². The van der Waals surface area contributed by atoms with Crippen molar-refractivity contribution in [3.8, 4) is 0 Å². The first-order valence-corrected chi connectivity index (χ1v) is 9.61. The summed E-state index contributed by atoms with van der Waals surface area (Å²) in [5.74, 6) is 0.156. The Morgan fingerprint density at radius 2 is 1.86 bits per heavy atom. The molecule has 2 N–H and O–H groups in total. The second kappa shape index (κ2) is 6.83. The summed E-state index contributed by atoms with van der Waals surface area (Å²) in [6.45, 7) is 0. The molecule has 0 saturated heterocycles. The predicted molar refractivity (Wildman–Crippen MR) is 108 cm³/mol. The van der Waals surface area contributed by atoms with Gasteiger partial charge in [0.2, 0.25) is 0 Å². The summed E-state index contributed by atoms with van der Waals surface area (Å²) >= 11 is 0. The highest BCUT2D eigenvalue weighted by atomic mass is 16.3. The summed E-state index contributed by atoms with van der Waals surface area (Å²) in [5.41, 5.74) is 2.37. The van der Waals surface area contributed by atoms with E-state index in [0.717, 1.165) is 18.4 Å².